The molecule has 5 heteroatoms. The molecule has 0 radical (unpaired) electrons. The molecule has 0 aromatic carbocycles. The summed E-state index contributed by atoms with van der Waals surface area (Å²) in [7, 11) is 0. The molecule has 2 heterocycles. The molecule has 1 fully saturated rings. The maximum atomic E-state index is 11.1. The third-order valence-corrected chi connectivity index (χ3v) is 4.22. The van der Waals surface area contributed by atoms with Crippen LogP contribution >= 0.6 is 11.8 Å². The fourth-order valence-electron chi connectivity index (χ4n) is 2.03. The monoisotopic (exact) mass is 266 g/mol. The number of aromatic nitrogens is 1. The summed E-state index contributed by atoms with van der Waals surface area (Å²) in [5.74, 6) is 2.09. The smallest absolute Gasteiger partial charge is 0.335 e. The van der Waals surface area contributed by atoms with Crippen LogP contribution in [0.4, 0.5) is 5.82 Å². The third kappa shape index (κ3) is 3.38. The van der Waals surface area contributed by atoms with Crippen molar-refractivity contribution in [2.45, 2.75) is 32.2 Å². The summed E-state index contributed by atoms with van der Waals surface area (Å²) >= 11 is 1.94. The third-order valence-electron chi connectivity index (χ3n) is 3.00. The molecular weight excluding hydrogens is 248 g/mol. The van der Waals surface area contributed by atoms with E-state index in [1.165, 1.54) is 12.2 Å². The maximum absolute atomic E-state index is 11.1. The fourth-order valence-corrected chi connectivity index (χ4v) is 3.10. The number of carboxylic acid groups (broad SMARTS) is 1. The molecule has 1 aliphatic rings. The van der Waals surface area contributed by atoms with Crippen molar-refractivity contribution in [1.29, 1.82) is 0 Å². The van der Waals surface area contributed by atoms with Gasteiger partial charge < -0.3 is 10.4 Å². The fraction of sp³-hybridized carbons (Fsp3) is 0.538. The zero-order chi connectivity index (χ0) is 13.0. The van der Waals surface area contributed by atoms with E-state index in [4.69, 9.17) is 5.11 Å². The molecule has 4 nitrogen and oxygen atoms in total. The molecule has 1 unspecified atom stereocenters. The maximum Gasteiger partial charge on any atom is 0.335 e. The Morgan fingerprint density at radius 3 is 3.06 bits per heavy atom. The van der Waals surface area contributed by atoms with Crippen LogP contribution < -0.4 is 5.32 Å². The second-order valence-electron chi connectivity index (χ2n) is 4.45. The van der Waals surface area contributed by atoms with Crippen molar-refractivity contribution in [3.63, 3.8) is 0 Å². The lowest BCUT2D eigenvalue weighted by molar-refractivity contribution is 0.0696. The van der Waals surface area contributed by atoms with Crippen molar-refractivity contribution in [3.05, 3.63) is 23.4 Å². The molecule has 1 atom stereocenters. The van der Waals surface area contributed by atoms with Gasteiger partial charge in [-0.15, -0.1) is 0 Å². The molecule has 0 bridgehead atoms. The van der Waals surface area contributed by atoms with Crippen molar-refractivity contribution in [2.24, 2.45) is 0 Å². The first-order valence-electron chi connectivity index (χ1n) is 6.27. The summed E-state index contributed by atoms with van der Waals surface area (Å²) in [5, 5.41) is 12.4. The number of aromatic carboxylic acids is 1. The molecule has 0 saturated carbocycles. The second-order valence-corrected chi connectivity index (χ2v) is 5.60. The normalized spacial score (nSPS) is 19.5. The number of nitrogens with one attached hydrogen (secondary N) is 1. The Hall–Kier alpha value is -1.23. The Morgan fingerprint density at radius 2 is 2.44 bits per heavy atom. The van der Waals surface area contributed by atoms with Gasteiger partial charge in [0.25, 0.3) is 0 Å². The van der Waals surface area contributed by atoms with Gasteiger partial charge in [-0.1, -0.05) is 6.92 Å². The Morgan fingerprint density at radius 1 is 1.61 bits per heavy atom. The zero-order valence-corrected chi connectivity index (χ0v) is 11.3. The summed E-state index contributed by atoms with van der Waals surface area (Å²) in [5.41, 5.74) is 1.13. The predicted molar refractivity (Wildman–Crippen MR) is 74.5 cm³/mol. The summed E-state index contributed by atoms with van der Waals surface area (Å²) < 4.78 is 0. The van der Waals surface area contributed by atoms with E-state index in [9.17, 15) is 4.79 Å². The molecule has 98 valence electrons. The number of thioether (sulfide) groups is 1. The molecule has 2 N–H and O–H groups in total. The minimum Gasteiger partial charge on any atom is -0.478 e. The first-order chi connectivity index (χ1) is 8.69. The van der Waals surface area contributed by atoms with Gasteiger partial charge in [-0.2, -0.15) is 11.8 Å². The number of hydrogen-bond donors (Lipinski definition) is 2. The number of carboxylic acids is 1. The van der Waals surface area contributed by atoms with E-state index < -0.39 is 5.97 Å². The predicted octanol–water partition coefficient (Wildman–Crippen LogP) is 2.65. The molecule has 1 aromatic rings. The topological polar surface area (TPSA) is 62.2 Å². The number of anilines is 1. The summed E-state index contributed by atoms with van der Waals surface area (Å²) in [6.07, 6.45) is 3.09. The van der Waals surface area contributed by atoms with E-state index in [1.54, 1.807) is 12.1 Å². The van der Waals surface area contributed by atoms with Gasteiger partial charge in [-0.3, -0.25) is 0 Å². The molecule has 18 heavy (non-hydrogen) atoms. The lowest BCUT2D eigenvalue weighted by Gasteiger charge is -2.23. The molecule has 1 aliphatic heterocycles. The van der Waals surface area contributed by atoms with E-state index in [1.807, 2.05) is 18.7 Å². The Bertz CT molecular complexity index is 431. The van der Waals surface area contributed by atoms with Gasteiger partial charge in [0.15, 0.2) is 0 Å². The van der Waals surface area contributed by atoms with Crippen LogP contribution in [0.25, 0.3) is 0 Å². The first kappa shape index (κ1) is 13.2. The zero-order valence-electron chi connectivity index (χ0n) is 10.5. The molecular formula is C13H18N2O2S. The average molecular weight is 266 g/mol. The molecule has 0 spiro atoms. The number of carbonyl (C=O) groups is 1. The summed E-state index contributed by atoms with van der Waals surface area (Å²) in [4.78, 5) is 15.5. The highest BCUT2D eigenvalue weighted by Gasteiger charge is 2.15. The van der Waals surface area contributed by atoms with Crippen LogP contribution in [0.3, 0.4) is 0 Å². The molecule has 0 amide bonds. The number of hydrogen-bond acceptors (Lipinski definition) is 4. The largest absolute Gasteiger partial charge is 0.478 e. The van der Waals surface area contributed by atoms with Crippen LogP contribution in [0.1, 0.15) is 35.8 Å². The minimum absolute atomic E-state index is 0.313. The number of pyridine rings is 1. The molecule has 1 aromatic heterocycles. The highest BCUT2D eigenvalue weighted by Crippen LogP contribution is 2.21. The SMILES string of the molecule is CCc1cc(C(=O)O)cc(NC2CCCSC2)n1. The quantitative estimate of drug-likeness (QED) is 0.877. The van der Waals surface area contributed by atoms with Gasteiger partial charge >= 0.3 is 5.97 Å². The Labute approximate surface area is 111 Å². The van der Waals surface area contributed by atoms with Crippen molar-refractivity contribution >= 4 is 23.5 Å². The lowest BCUT2D eigenvalue weighted by atomic mass is 10.1. The van der Waals surface area contributed by atoms with Crippen LogP contribution in [0.5, 0.6) is 0 Å². The average Bonchev–Trinajstić information content (AvgIpc) is 2.39. The van der Waals surface area contributed by atoms with Crippen molar-refractivity contribution in [2.75, 3.05) is 16.8 Å². The van der Waals surface area contributed by atoms with Gasteiger partial charge in [-0.25, -0.2) is 9.78 Å². The molecule has 2 rings (SSSR count). The highest BCUT2D eigenvalue weighted by atomic mass is 32.2. The number of rotatable bonds is 4. The first-order valence-corrected chi connectivity index (χ1v) is 7.43. The van der Waals surface area contributed by atoms with Gasteiger partial charge in [0, 0.05) is 17.5 Å². The van der Waals surface area contributed by atoms with Gasteiger partial charge in [0.05, 0.1) is 5.56 Å². The summed E-state index contributed by atoms with van der Waals surface area (Å²) in [6, 6.07) is 3.68. The number of aryl methyl sites for hydroxylation is 1. The standard InChI is InChI=1S/C13H18N2O2S/c1-2-10-6-9(13(16)17)7-12(14-10)15-11-4-3-5-18-8-11/h6-7,11H,2-5,8H2,1H3,(H,14,15)(H,16,17). The van der Waals surface area contributed by atoms with Gasteiger partial charge in [-0.05, 0) is 37.1 Å². The van der Waals surface area contributed by atoms with Crippen molar-refractivity contribution < 1.29 is 9.90 Å². The van der Waals surface area contributed by atoms with Crippen LogP contribution in [-0.2, 0) is 6.42 Å². The van der Waals surface area contributed by atoms with E-state index >= 15 is 0 Å². The Kier molecular flexibility index (Phi) is 4.47. The van der Waals surface area contributed by atoms with Crippen LogP contribution in [0, 0.1) is 0 Å². The summed E-state index contributed by atoms with van der Waals surface area (Å²) in [6.45, 7) is 1.98. The van der Waals surface area contributed by atoms with Crippen LogP contribution in [0.2, 0.25) is 0 Å². The van der Waals surface area contributed by atoms with E-state index in [0.29, 0.717) is 17.4 Å². The number of nitrogens with zero attached hydrogens (tertiary/aromatic N) is 1. The Balaban J connectivity index is 2.15. The minimum atomic E-state index is -0.895. The molecule has 0 aliphatic carbocycles. The van der Waals surface area contributed by atoms with Crippen molar-refractivity contribution in [3.8, 4) is 0 Å². The highest BCUT2D eigenvalue weighted by molar-refractivity contribution is 7.99. The van der Waals surface area contributed by atoms with E-state index in [-0.39, 0.29) is 0 Å². The van der Waals surface area contributed by atoms with Gasteiger partial charge in [0.2, 0.25) is 0 Å². The van der Waals surface area contributed by atoms with E-state index in [0.717, 1.165) is 24.3 Å². The van der Waals surface area contributed by atoms with Crippen LogP contribution in [-0.4, -0.2) is 33.6 Å². The van der Waals surface area contributed by atoms with Crippen LogP contribution in [0.15, 0.2) is 12.1 Å². The van der Waals surface area contributed by atoms with Crippen molar-refractivity contribution in [1.82, 2.24) is 4.98 Å². The molecule has 1 saturated heterocycles. The lowest BCUT2D eigenvalue weighted by Crippen LogP contribution is -2.26. The van der Waals surface area contributed by atoms with E-state index in [2.05, 4.69) is 10.3 Å². The second kappa shape index (κ2) is 6.09. The van der Waals surface area contributed by atoms with Gasteiger partial charge in [0.1, 0.15) is 5.82 Å².